The van der Waals surface area contributed by atoms with E-state index in [0.29, 0.717) is 30.3 Å². The number of carbonyl (C=O) groups excluding carboxylic acids is 1. The van der Waals surface area contributed by atoms with Crippen molar-refractivity contribution in [2.24, 2.45) is 11.8 Å². The molecule has 8 heteroatoms. The molecule has 26 heavy (non-hydrogen) atoms. The second-order valence-electron chi connectivity index (χ2n) is 7.72. The number of hydrogen-bond acceptors (Lipinski definition) is 5. The van der Waals surface area contributed by atoms with Crippen LogP contribution in [-0.2, 0) is 14.8 Å². The Balaban J connectivity index is 1.69. The van der Waals surface area contributed by atoms with E-state index in [1.165, 1.54) is 30.0 Å². The minimum atomic E-state index is -3.69. The van der Waals surface area contributed by atoms with Crippen LogP contribution < -0.4 is 0 Å². The van der Waals surface area contributed by atoms with E-state index in [4.69, 9.17) is 4.52 Å². The zero-order valence-corrected chi connectivity index (χ0v) is 16.7. The van der Waals surface area contributed by atoms with Crippen LogP contribution in [0.3, 0.4) is 0 Å². The third kappa shape index (κ3) is 3.81. The second-order valence-corrected chi connectivity index (χ2v) is 9.60. The van der Waals surface area contributed by atoms with Crippen LogP contribution in [-0.4, -0.2) is 55.4 Å². The van der Waals surface area contributed by atoms with Gasteiger partial charge in [0.2, 0.25) is 15.9 Å². The van der Waals surface area contributed by atoms with Crippen molar-refractivity contribution in [1.29, 1.82) is 0 Å². The quantitative estimate of drug-likeness (QED) is 0.779. The molecule has 3 rings (SSSR count). The zero-order chi connectivity index (χ0) is 18.9. The maximum atomic E-state index is 13.0. The molecule has 1 saturated heterocycles. The topological polar surface area (TPSA) is 83.7 Å². The maximum absolute atomic E-state index is 13.0. The Morgan fingerprint density at radius 3 is 2.54 bits per heavy atom. The number of sulfonamides is 1. The lowest BCUT2D eigenvalue weighted by Gasteiger charge is -2.33. The van der Waals surface area contributed by atoms with Crippen molar-refractivity contribution in [3.63, 3.8) is 0 Å². The molecule has 0 spiro atoms. The van der Waals surface area contributed by atoms with E-state index in [-0.39, 0.29) is 23.3 Å². The summed E-state index contributed by atoms with van der Waals surface area (Å²) in [7, 11) is -1.84. The highest BCUT2D eigenvalue weighted by Gasteiger charge is 2.37. The molecule has 1 aliphatic heterocycles. The molecule has 7 nitrogen and oxygen atoms in total. The van der Waals surface area contributed by atoms with Crippen molar-refractivity contribution < 1.29 is 17.7 Å². The van der Waals surface area contributed by atoms with Crippen LogP contribution in [0.15, 0.2) is 9.42 Å². The van der Waals surface area contributed by atoms with Crippen molar-refractivity contribution in [3.05, 3.63) is 11.5 Å². The smallest absolute Gasteiger partial charge is 0.248 e. The summed E-state index contributed by atoms with van der Waals surface area (Å²) in [6.45, 7) is 4.69. The molecule has 2 fully saturated rings. The van der Waals surface area contributed by atoms with E-state index in [1.54, 1.807) is 13.8 Å². The van der Waals surface area contributed by atoms with E-state index in [0.717, 1.165) is 13.0 Å². The summed E-state index contributed by atoms with van der Waals surface area (Å²) >= 11 is 0. The molecule has 0 radical (unpaired) electrons. The predicted octanol–water partition coefficient (Wildman–Crippen LogP) is 2.34. The monoisotopic (exact) mass is 383 g/mol. The van der Waals surface area contributed by atoms with Gasteiger partial charge in [-0.15, -0.1) is 0 Å². The Morgan fingerprint density at radius 1 is 1.23 bits per heavy atom. The minimum Gasteiger partial charge on any atom is -0.360 e. The molecular weight excluding hydrogens is 354 g/mol. The first-order valence-corrected chi connectivity index (χ1v) is 10.9. The molecule has 2 heterocycles. The highest BCUT2D eigenvalue weighted by atomic mass is 32.2. The number of hydrogen-bond donors (Lipinski definition) is 0. The van der Waals surface area contributed by atoms with Gasteiger partial charge in [0.25, 0.3) is 0 Å². The Kier molecular flexibility index (Phi) is 5.72. The molecule has 1 saturated carbocycles. The summed E-state index contributed by atoms with van der Waals surface area (Å²) in [5.74, 6) is 0.685. The van der Waals surface area contributed by atoms with Crippen LogP contribution in [0.2, 0.25) is 0 Å². The van der Waals surface area contributed by atoms with Crippen LogP contribution in [0.5, 0.6) is 0 Å². The Morgan fingerprint density at radius 2 is 1.92 bits per heavy atom. The summed E-state index contributed by atoms with van der Waals surface area (Å²) in [5, 5.41) is 3.76. The number of amides is 1. The average Bonchev–Trinajstić information content (AvgIpc) is 3.24. The Labute approximate surface area is 155 Å². The number of piperidine rings is 1. The van der Waals surface area contributed by atoms with Crippen molar-refractivity contribution in [2.75, 3.05) is 26.7 Å². The largest absolute Gasteiger partial charge is 0.360 e. The zero-order valence-electron chi connectivity index (χ0n) is 15.9. The summed E-state index contributed by atoms with van der Waals surface area (Å²) in [4.78, 5) is 14.8. The lowest BCUT2D eigenvalue weighted by molar-refractivity contribution is -0.135. The van der Waals surface area contributed by atoms with Gasteiger partial charge in [0, 0.05) is 26.7 Å². The molecule has 1 aliphatic carbocycles. The van der Waals surface area contributed by atoms with Crippen LogP contribution >= 0.6 is 0 Å². The maximum Gasteiger partial charge on any atom is 0.248 e. The SMILES string of the molecule is Cc1noc(C)c1S(=O)(=O)N1CCCC(C(=O)N(C)CC2CCCC2)C1. The van der Waals surface area contributed by atoms with Gasteiger partial charge in [0.1, 0.15) is 10.6 Å². The van der Waals surface area contributed by atoms with E-state index >= 15 is 0 Å². The summed E-state index contributed by atoms with van der Waals surface area (Å²) < 4.78 is 32.5. The van der Waals surface area contributed by atoms with Gasteiger partial charge in [-0.05, 0) is 45.4 Å². The summed E-state index contributed by atoms with van der Waals surface area (Å²) in [5.41, 5.74) is 0.370. The Bertz CT molecular complexity index is 733. The molecule has 1 unspecified atom stereocenters. The fourth-order valence-electron chi connectivity index (χ4n) is 4.32. The van der Waals surface area contributed by atoms with Gasteiger partial charge in [-0.25, -0.2) is 8.42 Å². The Hall–Kier alpha value is -1.41. The fraction of sp³-hybridized carbons (Fsp3) is 0.778. The van der Waals surface area contributed by atoms with Crippen LogP contribution in [0, 0.1) is 25.7 Å². The molecule has 1 amide bonds. The second kappa shape index (κ2) is 7.68. The lowest BCUT2D eigenvalue weighted by Crippen LogP contribution is -2.46. The first kappa shape index (κ1) is 19.4. The first-order valence-electron chi connectivity index (χ1n) is 9.48. The van der Waals surface area contributed by atoms with Crippen LogP contribution in [0.25, 0.3) is 0 Å². The van der Waals surface area contributed by atoms with E-state index in [2.05, 4.69) is 5.16 Å². The number of aromatic nitrogens is 1. The van der Waals surface area contributed by atoms with Gasteiger partial charge in [0.15, 0.2) is 5.76 Å². The van der Waals surface area contributed by atoms with Crippen molar-refractivity contribution in [3.8, 4) is 0 Å². The highest BCUT2D eigenvalue weighted by molar-refractivity contribution is 7.89. The van der Waals surface area contributed by atoms with Crippen LogP contribution in [0.4, 0.5) is 0 Å². The molecule has 1 aromatic rings. The van der Waals surface area contributed by atoms with Gasteiger partial charge < -0.3 is 9.42 Å². The number of aryl methyl sites for hydroxylation is 2. The van der Waals surface area contributed by atoms with Crippen molar-refractivity contribution in [2.45, 2.75) is 57.3 Å². The van der Waals surface area contributed by atoms with E-state index in [9.17, 15) is 13.2 Å². The summed E-state index contributed by atoms with van der Waals surface area (Å²) in [6.07, 6.45) is 6.31. The normalized spacial score (nSPS) is 22.7. The van der Waals surface area contributed by atoms with Crippen molar-refractivity contribution >= 4 is 15.9 Å². The standard InChI is InChI=1S/C18H29N3O4S/c1-13-17(14(2)25-19-13)26(23,24)21-10-6-9-16(12-21)18(22)20(3)11-15-7-4-5-8-15/h15-16H,4-12H2,1-3H3. The van der Waals surface area contributed by atoms with E-state index in [1.807, 2.05) is 11.9 Å². The van der Waals surface area contributed by atoms with Crippen molar-refractivity contribution in [1.82, 2.24) is 14.4 Å². The minimum absolute atomic E-state index is 0.0653. The molecule has 0 N–H and O–H groups in total. The van der Waals surface area contributed by atoms with Crippen LogP contribution in [0.1, 0.15) is 50.0 Å². The lowest BCUT2D eigenvalue weighted by atomic mass is 9.97. The van der Waals surface area contributed by atoms with Gasteiger partial charge in [0.05, 0.1) is 5.92 Å². The number of rotatable bonds is 5. The molecule has 1 atom stereocenters. The number of nitrogens with zero attached hydrogens (tertiary/aromatic N) is 3. The van der Waals surface area contributed by atoms with Gasteiger partial charge in [-0.3, -0.25) is 4.79 Å². The fourth-order valence-corrected chi connectivity index (χ4v) is 6.13. The molecule has 146 valence electrons. The third-order valence-corrected chi connectivity index (χ3v) is 7.79. The molecule has 0 bridgehead atoms. The molecular formula is C18H29N3O4S. The molecule has 1 aromatic heterocycles. The highest BCUT2D eigenvalue weighted by Crippen LogP contribution is 2.29. The summed E-state index contributed by atoms with van der Waals surface area (Å²) in [6, 6.07) is 0. The molecule has 0 aromatic carbocycles. The van der Waals surface area contributed by atoms with Gasteiger partial charge in [-0.2, -0.15) is 4.31 Å². The third-order valence-electron chi connectivity index (χ3n) is 5.68. The van der Waals surface area contributed by atoms with E-state index < -0.39 is 10.0 Å². The first-order chi connectivity index (χ1) is 12.3. The van der Waals surface area contributed by atoms with Gasteiger partial charge >= 0.3 is 0 Å². The average molecular weight is 384 g/mol. The van der Waals surface area contributed by atoms with Gasteiger partial charge in [-0.1, -0.05) is 18.0 Å². The number of carbonyl (C=O) groups is 1. The molecule has 2 aliphatic rings. The predicted molar refractivity (Wildman–Crippen MR) is 97.1 cm³/mol.